The third kappa shape index (κ3) is 5.80. The maximum Gasteiger partial charge on any atom is 0.237 e. The third-order valence-corrected chi connectivity index (χ3v) is 6.01. The molecule has 1 saturated heterocycles. The summed E-state index contributed by atoms with van der Waals surface area (Å²) in [5.41, 5.74) is 1.10. The van der Waals surface area contributed by atoms with Gasteiger partial charge < -0.3 is 10.6 Å². The molecule has 2 N–H and O–H groups in total. The number of hydrogen-bond acceptors (Lipinski definition) is 3. The molecule has 2 aliphatic rings. The second kappa shape index (κ2) is 9.88. The van der Waals surface area contributed by atoms with E-state index in [9.17, 15) is 9.59 Å². The Morgan fingerprint density at radius 3 is 2.56 bits per heavy atom. The lowest BCUT2D eigenvalue weighted by molar-refractivity contribution is -0.131. The van der Waals surface area contributed by atoms with Crippen LogP contribution in [0.5, 0.6) is 0 Å². The highest BCUT2D eigenvalue weighted by Gasteiger charge is 2.31. The van der Waals surface area contributed by atoms with Gasteiger partial charge in [-0.2, -0.15) is 0 Å². The molecule has 0 spiro atoms. The fraction of sp³-hybridized carbons (Fsp3) is 0.636. The summed E-state index contributed by atoms with van der Waals surface area (Å²) < 4.78 is 0. The summed E-state index contributed by atoms with van der Waals surface area (Å²) >= 11 is 0. The summed E-state index contributed by atoms with van der Waals surface area (Å²) in [5.74, 6) is 0.223. The molecule has 0 radical (unpaired) electrons. The lowest BCUT2D eigenvalue weighted by Gasteiger charge is -2.36. The quantitative estimate of drug-likeness (QED) is 0.808. The maximum atomic E-state index is 12.7. The molecule has 1 aliphatic carbocycles. The molecular weight excluding hydrogens is 338 g/mol. The first-order chi connectivity index (χ1) is 13.1. The SMILES string of the molecule is CC(C(=O)NCc1ccccc1)N1CCCC(C(=O)NC2CCCCC2)C1. The first-order valence-electron chi connectivity index (χ1n) is 10.5. The Hall–Kier alpha value is -1.88. The number of amides is 2. The van der Waals surface area contributed by atoms with Crippen LogP contribution in [-0.4, -0.2) is 41.9 Å². The Kier molecular flexibility index (Phi) is 7.27. The highest BCUT2D eigenvalue weighted by atomic mass is 16.2. The first kappa shape index (κ1) is 19.9. The topological polar surface area (TPSA) is 61.4 Å². The predicted octanol–water partition coefficient (Wildman–Crippen LogP) is 2.85. The molecule has 2 unspecified atom stereocenters. The average molecular weight is 372 g/mol. The largest absolute Gasteiger partial charge is 0.353 e. The van der Waals surface area contributed by atoms with E-state index >= 15 is 0 Å². The third-order valence-electron chi connectivity index (χ3n) is 6.01. The van der Waals surface area contributed by atoms with E-state index < -0.39 is 0 Å². The molecule has 1 aromatic carbocycles. The van der Waals surface area contributed by atoms with Gasteiger partial charge >= 0.3 is 0 Å². The molecule has 5 nitrogen and oxygen atoms in total. The summed E-state index contributed by atoms with van der Waals surface area (Å²) in [6.07, 6.45) is 7.85. The van der Waals surface area contributed by atoms with Crippen molar-refractivity contribution in [1.82, 2.24) is 15.5 Å². The number of hydrogen-bond donors (Lipinski definition) is 2. The minimum atomic E-state index is -0.209. The maximum absolute atomic E-state index is 12.7. The average Bonchev–Trinajstić information content (AvgIpc) is 2.73. The van der Waals surface area contributed by atoms with Crippen molar-refractivity contribution in [2.24, 2.45) is 5.92 Å². The van der Waals surface area contributed by atoms with Gasteiger partial charge in [-0.15, -0.1) is 0 Å². The van der Waals surface area contributed by atoms with Crippen molar-refractivity contribution in [1.29, 1.82) is 0 Å². The Bertz CT molecular complexity index is 613. The highest BCUT2D eigenvalue weighted by molar-refractivity contribution is 5.82. The van der Waals surface area contributed by atoms with Crippen LogP contribution >= 0.6 is 0 Å². The summed E-state index contributed by atoms with van der Waals surface area (Å²) in [5, 5.41) is 6.28. The number of rotatable bonds is 6. The van der Waals surface area contributed by atoms with E-state index in [-0.39, 0.29) is 23.8 Å². The fourth-order valence-electron chi connectivity index (χ4n) is 4.24. The zero-order valence-corrected chi connectivity index (χ0v) is 16.5. The molecule has 1 aromatic rings. The van der Waals surface area contributed by atoms with Crippen molar-refractivity contribution < 1.29 is 9.59 Å². The van der Waals surface area contributed by atoms with Crippen molar-refractivity contribution in [3.05, 3.63) is 35.9 Å². The molecular formula is C22H33N3O2. The second-order valence-electron chi connectivity index (χ2n) is 8.06. The van der Waals surface area contributed by atoms with Crippen LogP contribution in [0, 0.1) is 5.92 Å². The lowest BCUT2D eigenvalue weighted by atomic mass is 9.92. The van der Waals surface area contributed by atoms with E-state index in [0.717, 1.165) is 37.8 Å². The molecule has 3 rings (SSSR count). The minimum absolute atomic E-state index is 0.00468. The molecule has 2 atom stereocenters. The molecule has 1 saturated carbocycles. The number of carbonyl (C=O) groups excluding carboxylic acids is 2. The van der Waals surface area contributed by atoms with Gasteiger partial charge in [0.25, 0.3) is 0 Å². The normalized spacial score (nSPS) is 22.8. The van der Waals surface area contributed by atoms with E-state index in [1.807, 2.05) is 37.3 Å². The van der Waals surface area contributed by atoms with E-state index in [2.05, 4.69) is 15.5 Å². The molecule has 1 heterocycles. The van der Waals surface area contributed by atoms with Crippen molar-refractivity contribution in [3.8, 4) is 0 Å². The van der Waals surface area contributed by atoms with Gasteiger partial charge in [0.2, 0.25) is 11.8 Å². The van der Waals surface area contributed by atoms with Crippen molar-refractivity contribution in [2.45, 2.75) is 70.5 Å². The van der Waals surface area contributed by atoms with E-state index in [1.54, 1.807) is 0 Å². The first-order valence-corrected chi connectivity index (χ1v) is 10.5. The molecule has 148 valence electrons. The molecule has 27 heavy (non-hydrogen) atoms. The molecule has 2 amide bonds. The van der Waals surface area contributed by atoms with Gasteiger partial charge in [0.1, 0.15) is 0 Å². The van der Waals surface area contributed by atoms with Crippen molar-refractivity contribution >= 4 is 11.8 Å². The number of likely N-dealkylation sites (tertiary alicyclic amines) is 1. The van der Waals surface area contributed by atoms with Crippen LogP contribution in [0.15, 0.2) is 30.3 Å². The molecule has 1 aliphatic heterocycles. The van der Waals surface area contributed by atoms with E-state index in [4.69, 9.17) is 0 Å². The number of benzene rings is 1. The number of piperidine rings is 1. The Balaban J connectivity index is 1.47. The molecule has 5 heteroatoms. The van der Waals surface area contributed by atoms with Crippen LogP contribution in [0.1, 0.15) is 57.4 Å². The highest BCUT2D eigenvalue weighted by Crippen LogP contribution is 2.22. The Labute approximate surface area is 162 Å². The van der Waals surface area contributed by atoms with Gasteiger partial charge in [0.05, 0.1) is 12.0 Å². The summed E-state index contributed by atoms with van der Waals surface area (Å²) in [7, 11) is 0. The van der Waals surface area contributed by atoms with Gasteiger partial charge in [-0.1, -0.05) is 49.6 Å². The zero-order valence-electron chi connectivity index (χ0n) is 16.5. The Morgan fingerprint density at radius 2 is 1.81 bits per heavy atom. The monoisotopic (exact) mass is 371 g/mol. The van der Waals surface area contributed by atoms with Gasteiger partial charge in [-0.05, 0) is 44.7 Å². The second-order valence-corrected chi connectivity index (χ2v) is 8.06. The standard InChI is InChI=1S/C22H33N3O2/c1-17(21(26)23-15-18-9-4-2-5-10-18)25-14-8-11-19(16-25)22(27)24-20-12-6-3-7-13-20/h2,4-5,9-10,17,19-20H,3,6-8,11-16H2,1H3,(H,23,26)(H,24,27). The summed E-state index contributed by atoms with van der Waals surface area (Å²) in [6, 6.07) is 10.1. The fourth-order valence-corrected chi connectivity index (χ4v) is 4.24. The van der Waals surface area contributed by atoms with Crippen LogP contribution < -0.4 is 10.6 Å². The van der Waals surface area contributed by atoms with Crippen LogP contribution in [0.3, 0.4) is 0 Å². The summed E-state index contributed by atoms with van der Waals surface area (Å²) in [4.78, 5) is 27.4. The smallest absolute Gasteiger partial charge is 0.237 e. The van der Waals surface area contributed by atoms with Gasteiger partial charge in [0.15, 0.2) is 0 Å². The Morgan fingerprint density at radius 1 is 1.07 bits per heavy atom. The minimum Gasteiger partial charge on any atom is -0.353 e. The van der Waals surface area contributed by atoms with Crippen LogP contribution in [0.4, 0.5) is 0 Å². The molecule has 2 fully saturated rings. The number of nitrogens with zero attached hydrogens (tertiary/aromatic N) is 1. The molecule has 0 aromatic heterocycles. The van der Waals surface area contributed by atoms with Gasteiger partial charge in [-0.3, -0.25) is 14.5 Å². The lowest BCUT2D eigenvalue weighted by Crippen LogP contribution is -2.52. The van der Waals surface area contributed by atoms with Crippen LogP contribution in [0.25, 0.3) is 0 Å². The van der Waals surface area contributed by atoms with Crippen LogP contribution in [-0.2, 0) is 16.1 Å². The van der Waals surface area contributed by atoms with Gasteiger partial charge in [0, 0.05) is 19.1 Å². The molecule has 0 bridgehead atoms. The van der Waals surface area contributed by atoms with E-state index in [1.165, 1.54) is 19.3 Å². The zero-order chi connectivity index (χ0) is 19.1. The number of carbonyl (C=O) groups is 2. The van der Waals surface area contributed by atoms with Crippen LogP contribution in [0.2, 0.25) is 0 Å². The van der Waals surface area contributed by atoms with Crippen molar-refractivity contribution in [3.63, 3.8) is 0 Å². The summed E-state index contributed by atoms with van der Waals surface area (Å²) in [6.45, 7) is 4.05. The predicted molar refractivity (Wildman–Crippen MR) is 107 cm³/mol. The number of nitrogens with one attached hydrogen (secondary N) is 2. The van der Waals surface area contributed by atoms with Gasteiger partial charge in [-0.25, -0.2) is 0 Å². The van der Waals surface area contributed by atoms with E-state index in [0.29, 0.717) is 19.1 Å². The van der Waals surface area contributed by atoms with Crippen molar-refractivity contribution in [2.75, 3.05) is 13.1 Å².